The van der Waals surface area contributed by atoms with E-state index in [1.165, 1.54) is 42.0 Å². The maximum absolute atomic E-state index is 2.52. The molecule has 3 aromatic carbocycles. The summed E-state index contributed by atoms with van der Waals surface area (Å²) in [5, 5.41) is 0. The smallest absolute Gasteiger partial charge is 0.0863 e. The van der Waals surface area contributed by atoms with Gasteiger partial charge in [0.25, 0.3) is 0 Å². The summed E-state index contributed by atoms with van der Waals surface area (Å²) in [4.78, 5) is 0. The number of benzene rings is 3. The molecule has 2 aliphatic carbocycles. The van der Waals surface area contributed by atoms with E-state index in [1.807, 2.05) is 30.7 Å². The molecule has 250 valence electrons. The van der Waals surface area contributed by atoms with Crippen molar-refractivity contribution in [1.82, 2.24) is 0 Å². The van der Waals surface area contributed by atoms with Crippen LogP contribution < -0.4 is 0 Å². The summed E-state index contributed by atoms with van der Waals surface area (Å²) < 4.78 is 0. The van der Waals surface area contributed by atoms with E-state index in [-0.39, 0.29) is 16.8 Å². The van der Waals surface area contributed by atoms with E-state index in [0.717, 1.165) is 6.42 Å². The molecule has 1 atom stereocenters. The Balaban J connectivity index is 0.000000689. The summed E-state index contributed by atoms with van der Waals surface area (Å²) in [5.74, 6) is 0.387. The molecule has 0 amide bonds. The van der Waals surface area contributed by atoms with E-state index >= 15 is 0 Å². The third-order valence-corrected chi connectivity index (χ3v) is 13.1. The van der Waals surface area contributed by atoms with Gasteiger partial charge >= 0.3 is 0 Å². The SMILES string of the molecule is CC1(C)CB(C2=C(c3ccccc3)CC(c3ccccc3)C(B3CC(C)(C)C(C)(C)C3)=C2c2ccccc2)CC1(C)C.[CH]1C=CC=C1.[Co]. The van der Waals surface area contributed by atoms with Crippen molar-refractivity contribution in [3.63, 3.8) is 0 Å². The van der Waals surface area contributed by atoms with Gasteiger partial charge in [0.1, 0.15) is 0 Å². The first kappa shape index (κ1) is 36.5. The zero-order valence-electron chi connectivity index (χ0n) is 30.6. The van der Waals surface area contributed by atoms with Crippen LogP contribution in [-0.4, -0.2) is 13.4 Å². The van der Waals surface area contributed by atoms with E-state index in [4.69, 9.17) is 0 Å². The van der Waals surface area contributed by atoms with E-state index in [2.05, 4.69) is 146 Å². The van der Waals surface area contributed by atoms with E-state index in [1.54, 1.807) is 22.1 Å². The summed E-state index contributed by atoms with van der Waals surface area (Å²) in [7, 11) is 0. The van der Waals surface area contributed by atoms with Crippen LogP contribution in [0.4, 0.5) is 0 Å². The fourth-order valence-electron chi connectivity index (χ4n) is 9.12. The second kappa shape index (κ2) is 14.2. The molecule has 2 saturated heterocycles. The van der Waals surface area contributed by atoms with Crippen molar-refractivity contribution in [3.05, 3.63) is 149 Å². The Kier molecular flexibility index (Phi) is 10.8. The molecule has 7 rings (SSSR count). The molecular weight excluding hydrogens is 621 g/mol. The van der Waals surface area contributed by atoms with E-state index in [9.17, 15) is 0 Å². The van der Waals surface area contributed by atoms with Gasteiger partial charge in [-0.1, -0.05) is 207 Å². The van der Waals surface area contributed by atoms with Crippen molar-refractivity contribution in [3.8, 4) is 0 Å². The molecule has 3 heteroatoms. The van der Waals surface area contributed by atoms with Crippen molar-refractivity contribution < 1.29 is 16.8 Å². The molecule has 2 heterocycles. The Bertz CT molecular complexity index is 1630. The third kappa shape index (κ3) is 7.11. The summed E-state index contributed by atoms with van der Waals surface area (Å²) in [5.41, 5.74) is 12.1. The van der Waals surface area contributed by atoms with Gasteiger partial charge in [-0.25, -0.2) is 0 Å². The van der Waals surface area contributed by atoms with Crippen LogP contribution in [-0.2, 0) is 16.8 Å². The molecule has 2 aliphatic heterocycles. The van der Waals surface area contributed by atoms with Crippen LogP contribution in [0.5, 0.6) is 0 Å². The van der Waals surface area contributed by atoms with Gasteiger partial charge in [-0.15, -0.1) is 0 Å². The van der Waals surface area contributed by atoms with Crippen molar-refractivity contribution in [2.75, 3.05) is 0 Å². The van der Waals surface area contributed by atoms with Gasteiger partial charge < -0.3 is 0 Å². The molecule has 1 unspecified atom stereocenters. The zero-order chi connectivity index (χ0) is 33.5. The Morgan fingerprint density at radius 1 is 0.500 bits per heavy atom. The minimum absolute atomic E-state index is 0. The zero-order valence-corrected chi connectivity index (χ0v) is 31.7. The van der Waals surface area contributed by atoms with Crippen molar-refractivity contribution in [1.29, 1.82) is 0 Å². The molecule has 4 aliphatic rings. The largest absolute Gasteiger partial charge is 0.178 e. The van der Waals surface area contributed by atoms with Gasteiger partial charge in [-0.2, -0.15) is 0 Å². The second-order valence-corrected chi connectivity index (χ2v) is 17.3. The van der Waals surface area contributed by atoms with Crippen LogP contribution in [0, 0.1) is 28.1 Å². The fourth-order valence-corrected chi connectivity index (χ4v) is 9.12. The summed E-state index contributed by atoms with van der Waals surface area (Å²) in [6.45, 7) is 21.3. The fraction of sp³-hybridized carbons (Fsp3) is 0.400. The number of rotatable bonds is 5. The quantitative estimate of drug-likeness (QED) is 0.236. The predicted octanol–water partition coefficient (Wildman–Crippen LogP) is 12.6. The van der Waals surface area contributed by atoms with Crippen molar-refractivity contribution in [2.45, 2.75) is 93.0 Å². The maximum atomic E-state index is 2.52. The molecule has 0 nitrogen and oxygen atoms in total. The number of hydrogen-bond donors (Lipinski definition) is 0. The summed E-state index contributed by atoms with van der Waals surface area (Å²) in [6.07, 6.45) is 16.1. The number of allylic oxidation sites excluding steroid dienone is 8. The van der Waals surface area contributed by atoms with Crippen molar-refractivity contribution >= 4 is 24.6 Å². The molecule has 0 spiro atoms. The van der Waals surface area contributed by atoms with Gasteiger partial charge in [0.2, 0.25) is 0 Å². The molecule has 0 bridgehead atoms. The maximum Gasteiger partial charge on any atom is 0.178 e. The predicted molar refractivity (Wildman–Crippen MR) is 209 cm³/mol. The first-order valence-corrected chi connectivity index (χ1v) is 18.1. The topological polar surface area (TPSA) is 0 Å². The Morgan fingerprint density at radius 2 is 0.917 bits per heavy atom. The monoisotopic (exact) mass is 676 g/mol. The third-order valence-electron chi connectivity index (χ3n) is 13.1. The Hall–Kier alpha value is -2.74. The van der Waals surface area contributed by atoms with Gasteiger partial charge in [0, 0.05) is 29.1 Å². The van der Waals surface area contributed by atoms with Gasteiger partial charge in [-0.3, -0.25) is 0 Å². The molecule has 2 radical (unpaired) electrons. The van der Waals surface area contributed by atoms with Gasteiger partial charge in [0.15, 0.2) is 13.4 Å². The van der Waals surface area contributed by atoms with Crippen molar-refractivity contribution in [2.24, 2.45) is 21.7 Å². The van der Waals surface area contributed by atoms with Crippen LogP contribution in [0.1, 0.15) is 84.4 Å². The summed E-state index contributed by atoms with van der Waals surface area (Å²) in [6, 6.07) is 34.4. The Labute approximate surface area is 304 Å². The van der Waals surface area contributed by atoms with E-state index in [0.29, 0.717) is 41.0 Å². The van der Waals surface area contributed by atoms with E-state index < -0.39 is 0 Å². The molecule has 3 aromatic rings. The minimum Gasteiger partial charge on any atom is -0.0863 e. The molecule has 0 N–H and O–H groups in total. The molecule has 0 saturated carbocycles. The first-order valence-electron chi connectivity index (χ1n) is 18.1. The van der Waals surface area contributed by atoms with Crippen LogP contribution in [0.25, 0.3) is 11.1 Å². The average Bonchev–Trinajstić information content (AvgIpc) is 3.75. The van der Waals surface area contributed by atoms with Crippen LogP contribution in [0.2, 0.25) is 25.3 Å². The van der Waals surface area contributed by atoms with Crippen LogP contribution >= 0.6 is 0 Å². The first-order chi connectivity index (χ1) is 22.3. The van der Waals surface area contributed by atoms with Crippen LogP contribution in [0.3, 0.4) is 0 Å². The summed E-state index contributed by atoms with van der Waals surface area (Å²) >= 11 is 0. The molecule has 2 fully saturated rings. The average molecular weight is 676 g/mol. The van der Waals surface area contributed by atoms with Gasteiger partial charge in [0.05, 0.1) is 0 Å². The minimum atomic E-state index is 0. The molecule has 48 heavy (non-hydrogen) atoms. The Morgan fingerprint density at radius 3 is 1.35 bits per heavy atom. The second-order valence-electron chi connectivity index (χ2n) is 17.3. The van der Waals surface area contributed by atoms with Crippen LogP contribution in [0.15, 0.2) is 126 Å². The molecule has 0 aromatic heterocycles. The number of hydrogen-bond acceptors (Lipinski definition) is 0. The molecular formula is C45H55B2Co. The van der Waals surface area contributed by atoms with Gasteiger partial charge in [-0.05, 0) is 55.9 Å². The standard InChI is InChI=1S/C40H50B2.C5H5.Co/c1-37(2)25-41(26-38(37,3)4)35-32(29-18-12-9-13-19-29)24-33(30-20-14-10-15-21-30)36(34(35)31-22-16-11-17-23-31)42-27-39(5,6)40(7,8)28-42;1-2-4-5-3-1;/h9-23,32H,24-28H2,1-8H3;1-5H;. The normalized spacial score (nSPS) is 23.2.